The Morgan fingerprint density at radius 2 is 1.78 bits per heavy atom. The fourth-order valence-electron chi connectivity index (χ4n) is 2.58. The Kier molecular flexibility index (Phi) is 8.23. The Morgan fingerprint density at radius 1 is 1.13 bits per heavy atom. The Hall–Kier alpha value is -0.910. The molecule has 23 heavy (non-hydrogen) atoms. The molecule has 1 aromatic carbocycles. The van der Waals surface area contributed by atoms with E-state index in [1.165, 1.54) is 0 Å². The lowest BCUT2D eigenvalue weighted by atomic mass is 9.80. The molecule has 0 aliphatic rings. The molecule has 0 aliphatic carbocycles. The zero-order valence-electron chi connectivity index (χ0n) is 14.2. The van der Waals surface area contributed by atoms with Gasteiger partial charge in [0.05, 0.1) is 23.4 Å². The summed E-state index contributed by atoms with van der Waals surface area (Å²) in [5.74, 6) is -0.0694. The molecule has 0 aliphatic heterocycles. The van der Waals surface area contributed by atoms with E-state index in [-0.39, 0.29) is 23.7 Å². The van der Waals surface area contributed by atoms with Gasteiger partial charge in [-0.3, -0.25) is 0 Å². The predicted molar refractivity (Wildman–Crippen MR) is 93.1 cm³/mol. The van der Waals surface area contributed by atoms with Gasteiger partial charge in [-0.1, -0.05) is 57.7 Å². The molecule has 2 unspecified atom stereocenters. The predicted octanol–water partition coefficient (Wildman–Crippen LogP) is 3.18. The van der Waals surface area contributed by atoms with Crippen molar-refractivity contribution in [2.75, 3.05) is 12.4 Å². The largest absolute Gasteiger partial charge is 0.396 e. The summed E-state index contributed by atoms with van der Waals surface area (Å²) < 4.78 is 24.7. The Balaban J connectivity index is 2.63. The Bertz CT molecular complexity index is 541. The van der Waals surface area contributed by atoms with Crippen LogP contribution in [-0.4, -0.2) is 37.1 Å². The minimum atomic E-state index is -3.39. The molecule has 1 rings (SSSR count). The summed E-state index contributed by atoms with van der Waals surface area (Å²) >= 11 is 0. The number of aliphatic hydroxyl groups excluding tert-OH is 2. The second-order valence-corrected chi connectivity index (χ2v) is 8.67. The summed E-state index contributed by atoms with van der Waals surface area (Å²) in [7, 11) is -3.39. The van der Waals surface area contributed by atoms with Gasteiger partial charge < -0.3 is 10.2 Å². The molecule has 4 nitrogen and oxygen atoms in total. The molecule has 1 aromatic rings. The lowest BCUT2D eigenvalue weighted by Crippen LogP contribution is -2.37. The van der Waals surface area contributed by atoms with Crippen LogP contribution in [0.1, 0.15) is 52.4 Å². The normalized spacial score (nSPS) is 16.0. The van der Waals surface area contributed by atoms with Crippen molar-refractivity contribution in [3.63, 3.8) is 0 Å². The van der Waals surface area contributed by atoms with Crippen LogP contribution in [0.2, 0.25) is 0 Å². The number of benzene rings is 1. The highest BCUT2D eigenvalue weighted by molar-refractivity contribution is 7.91. The summed E-state index contributed by atoms with van der Waals surface area (Å²) in [4.78, 5) is 0.290. The van der Waals surface area contributed by atoms with E-state index < -0.39 is 21.4 Å². The fraction of sp³-hybridized carbons (Fsp3) is 0.667. The number of aliphatic hydroxyl groups is 2. The number of rotatable bonds is 11. The Morgan fingerprint density at radius 3 is 2.35 bits per heavy atom. The maximum Gasteiger partial charge on any atom is 0.178 e. The zero-order valence-corrected chi connectivity index (χ0v) is 15.1. The van der Waals surface area contributed by atoms with E-state index in [4.69, 9.17) is 0 Å². The first-order valence-electron chi connectivity index (χ1n) is 8.42. The lowest BCUT2D eigenvalue weighted by molar-refractivity contribution is -0.0131. The number of sulfone groups is 1. The molecule has 0 saturated heterocycles. The smallest absolute Gasteiger partial charge is 0.178 e. The van der Waals surface area contributed by atoms with Crippen LogP contribution < -0.4 is 0 Å². The number of hydrogen-bond acceptors (Lipinski definition) is 4. The van der Waals surface area contributed by atoms with Gasteiger partial charge >= 0.3 is 0 Å². The maximum atomic E-state index is 12.4. The van der Waals surface area contributed by atoms with Crippen molar-refractivity contribution in [3.05, 3.63) is 30.3 Å². The summed E-state index contributed by atoms with van der Waals surface area (Å²) in [5, 5.41) is 20.1. The van der Waals surface area contributed by atoms with Crippen molar-refractivity contribution in [2.45, 2.75) is 63.4 Å². The standard InChI is InChI=1S/C18H30O4S/c1-3-4-5-9-12-17(20)18(2,15-19)13-14-23(21,22)16-10-7-6-8-11-16/h6-8,10-11,17,19-20H,3-5,9,12-15H2,1-2H3. The highest BCUT2D eigenvalue weighted by Crippen LogP contribution is 2.30. The van der Waals surface area contributed by atoms with E-state index in [2.05, 4.69) is 6.92 Å². The van der Waals surface area contributed by atoms with Crippen molar-refractivity contribution in [1.82, 2.24) is 0 Å². The third-order valence-corrected chi connectivity index (χ3v) is 6.27. The summed E-state index contributed by atoms with van der Waals surface area (Å²) in [6.07, 6.45) is 4.37. The van der Waals surface area contributed by atoms with Crippen molar-refractivity contribution in [3.8, 4) is 0 Å². The molecule has 0 amide bonds. The van der Waals surface area contributed by atoms with E-state index >= 15 is 0 Å². The van der Waals surface area contributed by atoms with Gasteiger partial charge in [0.1, 0.15) is 0 Å². The fourth-order valence-corrected chi connectivity index (χ4v) is 4.12. The second-order valence-electron chi connectivity index (χ2n) is 6.56. The zero-order chi connectivity index (χ0) is 17.3. The maximum absolute atomic E-state index is 12.4. The average Bonchev–Trinajstić information content (AvgIpc) is 2.57. The summed E-state index contributed by atoms with van der Waals surface area (Å²) in [6.45, 7) is 3.67. The van der Waals surface area contributed by atoms with Crippen LogP contribution in [0.15, 0.2) is 35.2 Å². The van der Waals surface area contributed by atoms with Crippen LogP contribution in [0.5, 0.6) is 0 Å². The monoisotopic (exact) mass is 342 g/mol. The minimum absolute atomic E-state index is 0.0694. The van der Waals surface area contributed by atoms with E-state index in [1.807, 2.05) is 0 Å². The van der Waals surface area contributed by atoms with Crippen LogP contribution in [0.3, 0.4) is 0 Å². The van der Waals surface area contributed by atoms with Crippen LogP contribution >= 0.6 is 0 Å². The quantitative estimate of drug-likeness (QED) is 0.606. The highest BCUT2D eigenvalue weighted by Gasteiger charge is 2.33. The molecule has 2 N–H and O–H groups in total. The second kappa shape index (κ2) is 9.40. The molecule has 0 radical (unpaired) electrons. The van der Waals surface area contributed by atoms with E-state index in [0.29, 0.717) is 6.42 Å². The van der Waals surface area contributed by atoms with Crippen LogP contribution in [0.4, 0.5) is 0 Å². The van der Waals surface area contributed by atoms with Gasteiger partial charge in [-0.25, -0.2) is 8.42 Å². The van der Waals surface area contributed by atoms with Gasteiger partial charge in [-0.15, -0.1) is 0 Å². The number of unbranched alkanes of at least 4 members (excludes halogenated alkanes) is 3. The van der Waals surface area contributed by atoms with Gasteiger partial charge in [0, 0.05) is 5.41 Å². The van der Waals surface area contributed by atoms with Crippen molar-refractivity contribution in [2.24, 2.45) is 5.41 Å². The van der Waals surface area contributed by atoms with Gasteiger partial charge in [0.25, 0.3) is 0 Å². The van der Waals surface area contributed by atoms with Gasteiger partial charge in [-0.2, -0.15) is 0 Å². The van der Waals surface area contributed by atoms with E-state index in [0.717, 1.165) is 25.7 Å². The first-order chi connectivity index (χ1) is 10.9. The van der Waals surface area contributed by atoms with Gasteiger partial charge in [0.2, 0.25) is 0 Å². The van der Waals surface area contributed by atoms with Crippen molar-refractivity contribution in [1.29, 1.82) is 0 Å². The van der Waals surface area contributed by atoms with Crippen LogP contribution in [0, 0.1) is 5.41 Å². The minimum Gasteiger partial charge on any atom is -0.396 e. The molecule has 0 bridgehead atoms. The topological polar surface area (TPSA) is 74.6 Å². The molecule has 132 valence electrons. The average molecular weight is 343 g/mol. The molecule has 2 atom stereocenters. The lowest BCUT2D eigenvalue weighted by Gasteiger charge is -2.32. The van der Waals surface area contributed by atoms with Crippen LogP contribution in [-0.2, 0) is 9.84 Å². The summed E-state index contributed by atoms with van der Waals surface area (Å²) in [6, 6.07) is 8.32. The van der Waals surface area contributed by atoms with Crippen LogP contribution in [0.25, 0.3) is 0 Å². The van der Waals surface area contributed by atoms with E-state index in [1.54, 1.807) is 37.3 Å². The first-order valence-corrected chi connectivity index (χ1v) is 10.1. The molecule has 0 heterocycles. The molecule has 0 aromatic heterocycles. The molecular weight excluding hydrogens is 312 g/mol. The van der Waals surface area contributed by atoms with Gasteiger partial charge in [-0.05, 0) is 25.0 Å². The number of hydrogen-bond donors (Lipinski definition) is 2. The first kappa shape index (κ1) is 20.1. The van der Waals surface area contributed by atoms with Crippen molar-refractivity contribution < 1.29 is 18.6 Å². The Labute approximate surface area is 140 Å². The molecule has 0 spiro atoms. The molecular formula is C18H30O4S. The highest BCUT2D eigenvalue weighted by atomic mass is 32.2. The third kappa shape index (κ3) is 6.24. The van der Waals surface area contributed by atoms with Crippen molar-refractivity contribution >= 4 is 9.84 Å². The van der Waals surface area contributed by atoms with Gasteiger partial charge in [0.15, 0.2) is 9.84 Å². The summed E-state index contributed by atoms with van der Waals surface area (Å²) in [5.41, 5.74) is -0.784. The SMILES string of the molecule is CCCCCCC(O)C(C)(CO)CCS(=O)(=O)c1ccccc1. The molecule has 5 heteroatoms. The molecule has 0 fully saturated rings. The third-order valence-electron chi connectivity index (χ3n) is 4.54. The molecule has 0 saturated carbocycles. The van der Waals surface area contributed by atoms with E-state index in [9.17, 15) is 18.6 Å².